The second-order valence-corrected chi connectivity index (χ2v) is 6.94. The van der Waals surface area contributed by atoms with Crippen molar-refractivity contribution in [1.29, 1.82) is 0 Å². The van der Waals surface area contributed by atoms with Gasteiger partial charge in [0, 0.05) is 17.8 Å². The summed E-state index contributed by atoms with van der Waals surface area (Å²) in [4.78, 5) is 16.2. The zero-order valence-corrected chi connectivity index (χ0v) is 14.9. The molecule has 2 aromatic heterocycles. The van der Waals surface area contributed by atoms with Crippen molar-refractivity contribution in [2.24, 2.45) is 5.92 Å². The molecule has 0 aliphatic heterocycles. The minimum absolute atomic E-state index is 0.146. The number of phenolic OH excluding ortho intramolecular Hbond substituents is 1. The highest BCUT2D eigenvalue weighted by Gasteiger charge is 2.13. The van der Waals surface area contributed by atoms with Crippen LogP contribution in [0.15, 0.2) is 39.8 Å². The molecule has 2 heterocycles. The first-order valence-electron chi connectivity index (χ1n) is 9.12. The zero-order valence-electron chi connectivity index (χ0n) is 14.9. The van der Waals surface area contributed by atoms with Crippen molar-refractivity contribution >= 4 is 21.7 Å². The van der Waals surface area contributed by atoms with Crippen LogP contribution in [0.3, 0.4) is 0 Å². The van der Waals surface area contributed by atoms with Gasteiger partial charge in [-0.1, -0.05) is 39.5 Å². The van der Waals surface area contributed by atoms with E-state index < -0.39 is 5.63 Å². The number of aromatic nitrogens is 1. The fourth-order valence-electron chi connectivity index (χ4n) is 3.38. The minimum atomic E-state index is -0.394. The number of pyridine rings is 1. The first-order valence-corrected chi connectivity index (χ1v) is 9.12. The molecule has 0 aliphatic rings. The third kappa shape index (κ3) is 3.84. The molecule has 1 unspecified atom stereocenters. The van der Waals surface area contributed by atoms with E-state index in [4.69, 9.17) is 4.42 Å². The van der Waals surface area contributed by atoms with Crippen LogP contribution < -0.4 is 5.63 Å². The lowest BCUT2D eigenvalue weighted by Crippen LogP contribution is -2.01. The van der Waals surface area contributed by atoms with Crippen molar-refractivity contribution in [2.45, 2.75) is 52.4 Å². The van der Waals surface area contributed by atoms with E-state index in [9.17, 15) is 9.90 Å². The predicted molar refractivity (Wildman–Crippen MR) is 101 cm³/mol. The highest BCUT2D eigenvalue weighted by atomic mass is 16.4. The van der Waals surface area contributed by atoms with Gasteiger partial charge in [-0.25, -0.2) is 4.79 Å². The number of benzene rings is 1. The summed E-state index contributed by atoms with van der Waals surface area (Å²) in [5.41, 5.74) is 1.03. The molecule has 4 heteroatoms. The number of aromatic hydroxyl groups is 1. The molecule has 0 aliphatic carbocycles. The Morgan fingerprint density at radius 1 is 1.20 bits per heavy atom. The summed E-state index contributed by atoms with van der Waals surface area (Å²) in [6.45, 7) is 4.49. The van der Waals surface area contributed by atoms with E-state index in [1.807, 2.05) is 6.07 Å². The third-order valence-electron chi connectivity index (χ3n) is 4.88. The average molecular weight is 339 g/mol. The predicted octanol–water partition coefficient (Wildman–Crippen LogP) is 5.20. The number of nitrogens with zero attached hydrogens (tertiary/aromatic N) is 1. The molecule has 4 nitrogen and oxygen atoms in total. The van der Waals surface area contributed by atoms with E-state index in [1.54, 1.807) is 24.5 Å². The second-order valence-electron chi connectivity index (χ2n) is 6.94. The average Bonchev–Trinajstić information content (AvgIpc) is 2.60. The van der Waals surface area contributed by atoms with Crippen LogP contribution in [0, 0.1) is 5.92 Å². The number of rotatable bonds is 7. The SMILES string of the molecule is CCCCCC(C)CCc1cc(O)c2c(c1)oc(=O)c1ccncc12. The Kier molecular flexibility index (Phi) is 5.37. The van der Waals surface area contributed by atoms with Gasteiger partial charge in [0.05, 0.1) is 10.8 Å². The Hall–Kier alpha value is -2.36. The Labute approximate surface area is 147 Å². The smallest absolute Gasteiger partial charge is 0.344 e. The first-order chi connectivity index (χ1) is 12.1. The number of aryl methyl sites for hydroxylation is 1. The molecule has 132 valence electrons. The van der Waals surface area contributed by atoms with Gasteiger partial charge in [0.1, 0.15) is 11.3 Å². The molecule has 1 N–H and O–H groups in total. The van der Waals surface area contributed by atoms with Crippen LogP contribution in [0.5, 0.6) is 5.75 Å². The summed E-state index contributed by atoms with van der Waals surface area (Å²) in [6, 6.07) is 5.28. The highest BCUT2D eigenvalue weighted by molar-refractivity contribution is 6.07. The zero-order chi connectivity index (χ0) is 17.8. The van der Waals surface area contributed by atoms with E-state index in [1.165, 1.54) is 25.7 Å². The van der Waals surface area contributed by atoms with Crippen molar-refractivity contribution < 1.29 is 9.52 Å². The van der Waals surface area contributed by atoms with Gasteiger partial charge in [-0.15, -0.1) is 0 Å². The number of unbranched alkanes of at least 4 members (excludes halogenated alkanes) is 2. The van der Waals surface area contributed by atoms with Gasteiger partial charge < -0.3 is 9.52 Å². The van der Waals surface area contributed by atoms with Gasteiger partial charge in [0.15, 0.2) is 0 Å². The molecule has 0 saturated heterocycles. The summed E-state index contributed by atoms with van der Waals surface area (Å²) in [5.74, 6) is 0.796. The van der Waals surface area contributed by atoms with E-state index in [-0.39, 0.29) is 5.75 Å². The topological polar surface area (TPSA) is 63.3 Å². The standard InChI is InChI=1S/C21H25NO3/c1-3-4-5-6-14(2)7-8-15-11-18(23)20-17-13-22-10-9-16(17)21(24)25-19(20)12-15/h9-14,23H,3-8H2,1-2H3. The number of fused-ring (bicyclic) bond motifs is 3. The maximum atomic E-state index is 12.2. The van der Waals surface area contributed by atoms with Crippen LogP contribution in [-0.4, -0.2) is 10.1 Å². The molecule has 3 aromatic rings. The van der Waals surface area contributed by atoms with Crippen LogP contribution in [0.1, 0.15) is 51.5 Å². The summed E-state index contributed by atoms with van der Waals surface area (Å²) in [5, 5.41) is 12.1. The summed E-state index contributed by atoms with van der Waals surface area (Å²) < 4.78 is 5.44. The molecular weight excluding hydrogens is 314 g/mol. The quantitative estimate of drug-likeness (QED) is 0.365. The largest absolute Gasteiger partial charge is 0.507 e. The molecule has 1 aromatic carbocycles. The molecule has 0 radical (unpaired) electrons. The van der Waals surface area contributed by atoms with Crippen molar-refractivity contribution in [3.8, 4) is 5.75 Å². The Bertz CT molecular complexity index is 929. The van der Waals surface area contributed by atoms with E-state index in [2.05, 4.69) is 18.8 Å². The fourth-order valence-corrected chi connectivity index (χ4v) is 3.38. The molecule has 0 amide bonds. The fraction of sp³-hybridized carbons (Fsp3) is 0.429. The first kappa shape index (κ1) is 17.5. The van der Waals surface area contributed by atoms with Crippen molar-refractivity contribution in [1.82, 2.24) is 4.98 Å². The Balaban J connectivity index is 1.87. The van der Waals surface area contributed by atoms with Gasteiger partial charge in [0.2, 0.25) is 0 Å². The highest BCUT2D eigenvalue weighted by Crippen LogP contribution is 2.32. The molecule has 0 spiro atoms. The second kappa shape index (κ2) is 7.68. The van der Waals surface area contributed by atoms with Crippen LogP contribution in [-0.2, 0) is 6.42 Å². The Morgan fingerprint density at radius 3 is 2.84 bits per heavy atom. The lowest BCUT2D eigenvalue weighted by atomic mass is 9.95. The van der Waals surface area contributed by atoms with Gasteiger partial charge in [-0.3, -0.25) is 4.98 Å². The molecule has 1 atom stereocenters. The van der Waals surface area contributed by atoms with E-state index in [0.717, 1.165) is 18.4 Å². The van der Waals surface area contributed by atoms with Crippen LogP contribution in [0.2, 0.25) is 0 Å². The maximum Gasteiger partial charge on any atom is 0.344 e. The molecule has 0 bridgehead atoms. The van der Waals surface area contributed by atoms with Gasteiger partial charge in [-0.05, 0) is 42.5 Å². The molecule has 0 saturated carbocycles. The molecule has 0 fully saturated rings. The third-order valence-corrected chi connectivity index (χ3v) is 4.88. The monoisotopic (exact) mass is 339 g/mol. The normalized spacial score (nSPS) is 12.7. The van der Waals surface area contributed by atoms with Gasteiger partial charge in [-0.2, -0.15) is 0 Å². The van der Waals surface area contributed by atoms with Crippen LogP contribution in [0.25, 0.3) is 21.7 Å². The Morgan fingerprint density at radius 2 is 2.04 bits per heavy atom. The molecular formula is C21H25NO3. The van der Waals surface area contributed by atoms with E-state index >= 15 is 0 Å². The van der Waals surface area contributed by atoms with Crippen LogP contribution >= 0.6 is 0 Å². The van der Waals surface area contributed by atoms with Crippen molar-refractivity contribution in [3.63, 3.8) is 0 Å². The molecule has 25 heavy (non-hydrogen) atoms. The summed E-state index contributed by atoms with van der Waals surface area (Å²) >= 11 is 0. The van der Waals surface area contributed by atoms with Crippen molar-refractivity contribution in [3.05, 3.63) is 46.6 Å². The van der Waals surface area contributed by atoms with Gasteiger partial charge in [0.25, 0.3) is 0 Å². The summed E-state index contributed by atoms with van der Waals surface area (Å²) in [7, 11) is 0. The number of hydrogen-bond acceptors (Lipinski definition) is 4. The van der Waals surface area contributed by atoms with E-state index in [0.29, 0.717) is 27.7 Å². The lowest BCUT2D eigenvalue weighted by molar-refractivity contribution is 0.461. The van der Waals surface area contributed by atoms with Crippen LogP contribution in [0.4, 0.5) is 0 Å². The van der Waals surface area contributed by atoms with Gasteiger partial charge >= 0.3 is 5.63 Å². The number of phenols is 1. The molecule has 3 rings (SSSR count). The number of hydrogen-bond donors (Lipinski definition) is 1. The summed E-state index contributed by atoms with van der Waals surface area (Å²) in [6.07, 6.45) is 10.1. The maximum absolute atomic E-state index is 12.2. The minimum Gasteiger partial charge on any atom is -0.507 e. The lowest BCUT2D eigenvalue weighted by Gasteiger charge is -2.12. The van der Waals surface area contributed by atoms with Crippen molar-refractivity contribution in [2.75, 3.05) is 0 Å².